The monoisotopic (exact) mass is 418 g/mol. The molecular formula is C18H16BrFN4O2. The molecule has 1 aromatic carbocycles. The molecular weight excluding hydrogens is 403 g/mol. The number of rotatable bonds is 3. The van der Waals surface area contributed by atoms with Crippen LogP contribution in [-0.2, 0) is 4.74 Å². The van der Waals surface area contributed by atoms with Crippen molar-refractivity contribution in [1.82, 2.24) is 14.6 Å². The van der Waals surface area contributed by atoms with E-state index in [0.717, 1.165) is 31.7 Å². The number of hydrogen-bond acceptors (Lipinski definition) is 5. The maximum atomic E-state index is 14.3. The van der Waals surface area contributed by atoms with Crippen LogP contribution in [0.25, 0.3) is 16.9 Å². The Morgan fingerprint density at radius 2 is 2.00 bits per heavy atom. The van der Waals surface area contributed by atoms with E-state index in [4.69, 9.17) is 4.74 Å². The molecule has 1 saturated heterocycles. The minimum Gasteiger partial charge on any atom is -0.464 e. The lowest BCUT2D eigenvalue weighted by atomic mass is 10.1. The molecule has 3 heterocycles. The zero-order valence-electron chi connectivity index (χ0n) is 14.1. The number of fused-ring (bicyclic) bond motifs is 1. The standard InChI is InChI=1S/C18H16BrFN4O2/c1-26-18(25)15-10-17(23-6-2-3-7-23)24-16(21-15)9-14(22-24)12-5-4-11(19)8-13(12)20/h4-5,8-10H,2-3,6-7H2,1H3. The Morgan fingerprint density at radius 1 is 1.23 bits per heavy atom. The third kappa shape index (κ3) is 2.94. The summed E-state index contributed by atoms with van der Waals surface area (Å²) in [5, 5.41) is 4.55. The van der Waals surface area contributed by atoms with Gasteiger partial charge in [0.2, 0.25) is 0 Å². The molecule has 134 valence electrons. The van der Waals surface area contributed by atoms with Crippen molar-refractivity contribution < 1.29 is 13.9 Å². The molecule has 0 unspecified atom stereocenters. The van der Waals surface area contributed by atoms with Crippen molar-refractivity contribution in [3.05, 3.63) is 46.3 Å². The van der Waals surface area contributed by atoms with Gasteiger partial charge in [-0.3, -0.25) is 0 Å². The SMILES string of the molecule is COC(=O)c1cc(N2CCCC2)n2nc(-c3ccc(Br)cc3F)cc2n1. The second-order valence-electron chi connectivity index (χ2n) is 6.11. The predicted octanol–water partition coefficient (Wildman–Crippen LogP) is 3.68. The van der Waals surface area contributed by atoms with Crippen LogP contribution in [-0.4, -0.2) is 40.8 Å². The quantitative estimate of drug-likeness (QED) is 0.607. The molecule has 0 aliphatic carbocycles. The number of anilines is 1. The molecule has 0 amide bonds. The van der Waals surface area contributed by atoms with Gasteiger partial charge >= 0.3 is 5.97 Å². The number of carbonyl (C=O) groups excluding carboxylic acids is 1. The second-order valence-corrected chi connectivity index (χ2v) is 7.02. The minimum atomic E-state index is -0.509. The summed E-state index contributed by atoms with van der Waals surface area (Å²) in [5.41, 5.74) is 1.53. The Balaban J connectivity index is 1.90. The smallest absolute Gasteiger partial charge is 0.356 e. The van der Waals surface area contributed by atoms with Crippen molar-refractivity contribution in [2.24, 2.45) is 0 Å². The van der Waals surface area contributed by atoms with Crippen molar-refractivity contribution in [2.75, 3.05) is 25.1 Å². The molecule has 3 aromatic rings. The lowest BCUT2D eigenvalue weighted by molar-refractivity contribution is 0.0594. The van der Waals surface area contributed by atoms with Crippen molar-refractivity contribution >= 4 is 33.4 Å². The van der Waals surface area contributed by atoms with E-state index in [1.807, 2.05) is 0 Å². The molecule has 0 atom stereocenters. The highest BCUT2D eigenvalue weighted by Gasteiger charge is 2.21. The van der Waals surface area contributed by atoms with Gasteiger partial charge in [-0.2, -0.15) is 9.61 Å². The number of hydrogen-bond donors (Lipinski definition) is 0. The van der Waals surface area contributed by atoms with Gasteiger partial charge in [0.15, 0.2) is 11.3 Å². The van der Waals surface area contributed by atoms with Gasteiger partial charge in [0.05, 0.1) is 12.8 Å². The average Bonchev–Trinajstić information content (AvgIpc) is 3.29. The van der Waals surface area contributed by atoms with Gasteiger partial charge in [0.25, 0.3) is 0 Å². The van der Waals surface area contributed by atoms with Crippen LogP contribution in [0.1, 0.15) is 23.3 Å². The van der Waals surface area contributed by atoms with Crippen LogP contribution in [0.4, 0.5) is 10.2 Å². The van der Waals surface area contributed by atoms with E-state index in [-0.39, 0.29) is 11.5 Å². The largest absolute Gasteiger partial charge is 0.464 e. The van der Waals surface area contributed by atoms with Crippen LogP contribution >= 0.6 is 15.9 Å². The summed E-state index contributed by atoms with van der Waals surface area (Å²) in [4.78, 5) is 18.5. The molecule has 6 nitrogen and oxygen atoms in total. The number of methoxy groups -OCH3 is 1. The summed E-state index contributed by atoms with van der Waals surface area (Å²) >= 11 is 3.26. The molecule has 1 fully saturated rings. The summed E-state index contributed by atoms with van der Waals surface area (Å²) in [6, 6.07) is 8.18. The maximum absolute atomic E-state index is 14.3. The molecule has 4 rings (SSSR count). The molecule has 1 aliphatic rings. The number of aromatic nitrogens is 3. The number of esters is 1. The van der Waals surface area contributed by atoms with Crippen LogP contribution in [0, 0.1) is 5.82 Å². The number of halogens is 2. The van der Waals surface area contributed by atoms with E-state index >= 15 is 0 Å². The van der Waals surface area contributed by atoms with Gasteiger partial charge in [0, 0.05) is 35.3 Å². The first-order chi connectivity index (χ1) is 12.6. The van der Waals surface area contributed by atoms with Crippen LogP contribution < -0.4 is 4.90 Å². The summed E-state index contributed by atoms with van der Waals surface area (Å²) in [5.74, 6) is -0.124. The lowest BCUT2D eigenvalue weighted by Crippen LogP contribution is -2.22. The Bertz CT molecular complexity index is 998. The number of ether oxygens (including phenoxy) is 1. The Labute approximate surface area is 157 Å². The lowest BCUT2D eigenvalue weighted by Gasteiger charge is -2.18. The van der Waals surface area contributed by atoms with Crippen LogP contribution in [0.2, 0.25) is 0 Å². The number of nitrogens with zero attached hydrogens (tertiary/aromatic N) is 4. The van der Waals surface area contributed by atoms with Crippen LogP contribution in [0.5, 0.6) is 0 Å². The van der Waals surface area contributed by atoms with Crippen molar-refractivity contribution in [3.63, 3.8) is 0 Å². The van der Waals surface area contributed by atoms with Crippen molar-refractivity contribution in [1.29, 1.82) is 0 Å². The fraction of sp³-hybridized carbons (Fsp3) is 0.278. The van der Waals surface area contributed by atoms with Crippen LogP contribution in [0.3, 0.4) is 0 Å². The summed E-state index contributed by atoms with van der Waals surface area (Å²) in [7, 11) is 1.32. The van der Waals surface area contributed by atoms with Crippen LogP contribution in [0.15, 0.2) is 34.8 Å². The van der Waals surface area contributed by atoms with Gasteiger partial charge in [0.1, 0.15) is 11.6 Å². The molecule has 2 aromatic heterocycles. The number of carbonyl (C=O) groups is 1. The molecule has 0 radical (unpaired) electrons. The third-order valence-electron chi connectivity index (χ3n) is 4.44. The zero-order chi connectivity index (χ0) is 18.3. The average molecular weight is 419 g/mol. The van der Waals surface area contributed by atoms with Crippen molar-refractivity contribution in [2.45, 2.75) is 12.8 Å². The zero-order valence-corrected chi connectivity index (χ0v) is 15.7. The summed E-state index contributed by atoms with van der Waals surface area (Å²) in [6.07, 6.45) is 2.15. The van der Waals surface area contributed by atoms with Crippen molar-refractivity contribution in [3.8, 4) is 11.3 Å². The molecule has 1 aliphatic heterocycles. The highest BCUT2D eigenvalue weighted by atomic mass is 79.9. The van der Waals surface area contributed by atoms with Gasteiger partial charge in [-0.1, -0.05) is 15.9 Å². The van der Waals surface area contributed by atoms with Gasteiger partial charge in [-0.25, -0.2) is 14.2 Å². The molecule has 0 bridgehead atoms. The third-order valence-corrected chi connectivity index (χ3v) is 4.93. The Kier molecular flexibility index (Phi) is 4.36. The summed E-state index contributed by atoms with van der Waals surface area (Å²) in [6.45, 7) is 1.75. The fourth-order valence-electron chi connectivity index (χ4n) is 3.17. The molecule has 26 heavy (non-hydrogen) atoms. The van der Waals surface area contributed by atoms with E-state index < -0.39 is 5.97 Å². The first-order valence-corrected chi connectivity index (χ1v) is 9.05. The first kappa shape index (κ1) is 17.0. The minimum absolute atomic E-state index is 0.213. The van der Waals surface area contributed by atoms with E-state index in [1.165, 1.54) is 13.2 Å². The summed E-state index contributed by atoms with van der Waals surface area (Å²) < 4.78 is 21.5. The Hall–Kier alpha value is -2.48. The van der Waals surface area contributed by atoms with E-state index in [2.05, 4.69) is 30.9 Å². The molecule has 0 N–H and O–H groups in total. The van der Waals surface area contributed by atoms with E-state index in [1.54, 1.807) is 28.8 Å². The molecule has 0 saturated carbocycles. The van der Waals surface area contributed by atoms with Gasteiger partial charge in [-0.05, 0) is 31.0 Å². The molecule has 8 heteroatoms. The van der Waals surface area contributed by atoms with Gasteiger partial charge < -0.3 is 9.64 Å². The second kappa shape index (κ2) is 6.68. The fourth-order valence-corrected chi connectivity index (χ4v) is 3.50. The number of benzene rings is 1. The molecule has 0 spiro atoms. The van der Waals surface area contributed by atoms with E-state index in [9.17, 15) is 9.18 Å². The van der Waals surface area contributed by atoms with Gasteiger partial charge in [-0.15, -0.1) is 0 Å². The first-order valence-electron chi connectivity index (χ1n) is 8.26. The highest BCUT2D eigenvalue weighted by molar-refractivity contribution is 9.10. The predicted molar refractivity (Wildman–Crippen MR) is 98.9 cm³/mol. The normalized spacial score (nSPS) is 14.2. The maximum Gasteiger partial charge on any atom is 0.356 e. The van der Waals surface area contributed by atoms with E-state index in [0.29, 0.717) is 21.4 Å². The topological polar surface area (TPSA) is 59.7 Å². The Morgan fingerprint density at radius 3 is 2.69 bits per heavy atom. The highest BCUT2D eigenvalue weighted by Crippen LogP contribution is 2.28.